The van der Waals surface area contributed by atoms with Crippen LogP contribution >= 0.6 is 0 Å². The number of hydrogen-bond donors (Lipinski definition) is 1. The standard InChI is InChI=1S/C13H14N4O/c18-13-7-11-8-15-6-3-12(11)16-17(13)9-10-1-4-14-5-2-10/h1-2,4-5,7,15H,3,6,8-9H2. The highest BCUT2D eigenvalue weighted by Crippen LogP contribution is 2.08. The van der Waals surface area contributed by atoms with E-state index in [-0.39, 0.29) is 5.56 Å². The normalized spacial score (nSPS) is 14.2. The van der Waals surface area contributed by atoms with Gasteiger partial charge in [-0.15, -0.1) is 0 Å². The summed E-state index contributed by atoms with van der Waals surface area (Å²) >= 11 is 0. The van der Waals surface area contributed by atoms with Crippen LogP contribution in [0.15, 0.2) is 35.4 Å². The minimum absolute atomic E-state index is 0.0470. The highest BCUT2D eigenvalue weighted by Gasteiger charge is 2.12. The fraction of sp³-hybridized carbons (Fsp3) is 0.308. The van der Waals surface area contributed by atoms with Crippen LogP contribution in [-0.2, 0) is 19.5 Å². The van der Waals surface area contributed by atoms with Gasteiger partial charge in [0.25, 0.3) is 5.56 Å². The quantitative estimate of drug-likeness (QED) is 0.824. The van der Waals surface area contributed by atoms with Gasteiger partial charge in [-0.25, -0.2) is 4.68 Å². The van der Waals surface area contributed by atoms with Crippen LogP contribution in [0, 0.1) is 0 Å². The topological polar surface area (TPSA) is 59.8 Å². The van der Waals surface area contributed by atoms with Crippen molar-refractivity contribution >= 4 is 0 Å². The Kier molecular flexibility index (Phi) is 2.90. The van der Waals surface area contributed by atoms with E-state index in [1.165, 1.54) is 4.68 Å². The zero-order valence-electron chi connectivity index (χ0n) is 9.97. The third-order valence-electron chi connectivity index (χ3n) is 3.10. The molecule has 0 radical (unpaired) electrons. The molecule has 1 aliphatic rings. The first-order chi connectivity index (χ1) is 8.83. The summed E-state index contributed by atoms with van der Waals surface area (Å²) in [7, 11) is 0. The lowest BCUT2D eigenvalue weighted by molar-refractivity contribution is 0.562. The van der Waals surface area contributed by atoms with Crippen LogP contribution in [-0.4, -0.2) is 21.3 Å². The van der Waals surface area contributed by atoms with E-state index in [9.17, 15) is 4.79 Å². The van der Waals surface area contributed by atoms with E-state index in [2.05, 4.69) is 15.4 Å². The van der Waals surface area contributed by atoms with Gasteiger partial charge in [-0.3, -0.25) is 9.78 Å². The molecule has 5 heteroatoms. The second-order valence-corrected chi connectivity index (χ2v) is 4.39. The molecule has 92 valence electrons. The first kappa shape index (κ1) is 11.1. The van der Waals surface area contributed by atoms with E-state index >= 15 is 0 Å². The largest absolute Gasteiger partial charge is 0.312 e. The molecule has 2 aromatic heterocycles. The zero-order valence-corrected chi connectivity index (χ0v) is 9.97. The van der Waals surface area contributed by atoms with Gasteiger partial charge in [-0.2, -0.15) is 5.10 Å². The van der Waals surface area contributed by atoms with Gasteiger partial charge in [-0.05, 0) is 23.3 Å². The lowest BCUT2D eigenvalue weighted by atomic mass is 10.1. The van der Waals surface area contributed by atoms with Crippen molar-refractivity contribution in [2.45, 2.75) is 19.5 Å². The number of pyridine rings is 1. The summed E-state index contributed by atoms with van der Waals surface area (Å²) in [4.78, 5) is 15.9. The van der Waals surface area contributed by atoms with Crippen LogP contribution in [0.3, 0.4) is 0 Å². The van der Waals surface area contributed by atoms with Gasteiger partial charge in [0.15, 0.2) is 0 Å². The molecule has 0 spiro atoms. The maximum Gasteiger partial charge on any atom is 0.267 e. The maximum absolute atomic E-state index is 12.0. The molecule has 0 atom stereocenters. The number of nitrogens with one attached hydrogen (secondary N) is 1. The summed E-state index contributed by atoms with van der Waals surface area (Å²) in [5.74, 6) is 0. The van der Waals surface area contributed by atoms with E-state index in [0.29, 0.717) is 6.54 Å². The number of hydrogen-bond acceptors (Lipinski definition) is 4. The summed E-state index contributed by atoms with van der Waals surface area (Å²) in [5, 5.41) is 7.69. The second kappa shape index (κ2) is 4.70. The molecule has 2 aromatic rings. The fourth-order valence-electron chi connectivity index (χ4n) is 2.13. The van der Waals surface area contributed by atoms with Crippen LogP contribution < -0.4 is 10.9 Å². The van der Waals surface area contributed by atoms with E-state index in [1.54, 1.807) is 18.5 Å². The van der Waals surface area contributed by atoms with Crippen molar-refractivity contribution in [1.29, 1.82) is 0 Å². The molecule has 1 aliphatic heterocycles. The van der Waals surface area contributed by atoms with E-state index in [1.807, 2.05) is 12.1 Å². The summed E-state index contributed by atoms with van der Waals surface area (Å²) < 4.78 is 1.53. The predicted molar refractivity (Wildman–Crippen MR) is 67.2 cm³/mol. The molecule has 0 aromatic carbocycles. The number of fused-ring (bicyclic) bond motifs is 1. The van der Waals surface area contributed by atoms with Crippen LogP contribution in [0.1, 0.15) is 16.8 Å². The third kappa shape index (κ3) is 2.17. The Morgan fingerprint density at radius 1 is 1.33 bits per heavy atom. The van der Waals surface area contributed by atoms with Crippen LogP contribution in [0.25, 0.3) is 0 Å². The predicted octanol–water partition coefficient (Wildman–Crippen LogP) is 0.332. The van der Waals surface area contributed by atoms with Crippen LogP contribution in [0.2, 0.25) is 0 Å². The molecule has 1 N–H and O–H groups in total. The van der Waals surface area contributed by atoms with Crippen LogP contribution in [0.5, 0.6) is 0 Å². The first-order valence-electron chi connectivity index (χ1n) is 6.02. The summed E-state index contributed by atoms with van der Waals surface area (Å²) in [6, 6.07) is 5.49. The molecule has 0 unspecified atom stereocenters. The monoisotopic (exact) mass is 242 g/mol. The lowest BCUT2D eigenvalue weighted by Gasteiger charge is -2.17. The summed E-state index contributed by atoms with van der Waals surface area (Å²) in [6.07, 6.45) is 4.33. The van der Waals surface area contributed by atoms with Gasteiger partial charge < -0.3 is 5.32 Å². The molecule has 3 rings (SSSR count). The van der Waals surface area contributed by atoms with Crippen molar-refractivity contribution in [3.63, 3.8) is 0 Å². The average Bonchev–Trinajstić information content (AvgIpc) is 2.41. The molecular formula is C13H14N4O. The number of aromatic nitrogens is 3. The van der Waals surface area contributed by atoms with Crippen molar-refractivity contribution in [3.8, 4) is 0 Å². The molecule has 0 amide bonds. The Labute approximate surface area is 104 Å². The SMILES string of the molecule is O=c1cc2c(nn1Cc1ccncc1)CCNC2. The van der Waals surface area contributed by atoms with E-state index < -0.39 is 0 Å². The Balaban J connectivity index is 1.95. The Morgan fingerprint density at radius 3 is 3.00 bits per heavy atom. The van der Waals surface area contributed by atoms with Gasteiger partial charge in [-0.1, -0.05) is 0 Å². The van der Waals surface area contributed by atoms with Crippen molar-refractivity contribution in [1.82, 2.24) is 20.1 Å². The van der Waals surface area contributed by atoms with Gasteiger partial charge >= 0.3 is 0 Å². The highest BCUT2D eigenvalue weighted by molar-refractivity contribution is 5.21. The minimum Gasteiger partial charge on any atom is -0.312 e. The summed E-state index contributed by atoms with van der Waals surface area (Å²) in [5.41, 5.74) is 3.04. The molecule has 18 heavy (non-hydrogen) atoms. The molecule has 0 bridgehead atoms. The number of nitrogens with zero attached hydrogens (tertiary/aromatic N) is 3. The molecule has 0 fully saturated rings. The summed E-state index contributed by atoms with van der Waals surface area (Å²) in [6.45, 7) is 2.17. The molecule has 5 nitrogen and oxygen atoms in total. The fourth-order valence-corrected chi connectivity index (χ4v) is 2.13. The van der Waals surface area contributed by atoms with Crippen molar-refractivity contribution < 1.29 is 0 Å². The van der Waals surface area contributed by atoms with Gasteiger partial charge in [0.1, 0.15) is 0 Å². The van der Waals surface area contributed by atoms with Crippen LogP contribution in [0.4, 0.5) is 0 Å². The first-order valence-corrected chi connectivity index (χ1v) is 6.02. The van der Waals surface area contributed by atoms with Gasteiger partial charge in [0.2, 0.25) is 0 Å². The smallest absolute Gasteiger partial charge is 0.267 e. The zero-order chi connectivity index (χ0) is 12.4. The average molecular weight is 242 g/mol. The van der Waals surface area contributed by atoms with E-state index in [0.717, 1.165) is 36.3 Å². The highest BCUT2D eigenvalue weighted by atomic mass is 16.1. The number of rotatable bonds is 2. The second-order valence-electron chi connectivity index (χ2n) is 4.39. The van der Waals surface area contributed by atoms with Crippen molar-refractivity contribution in [3.05, 3.63) is 57.8 Å². The molecule has 0 aliphatic carbocycles. The van der Waals surface area contributed by atoms with Gasteiger partial charge in [0, 0.05) is 38.0 Å². The Bertz CT molecular complexity index is 606. The van der Waals surface area contributed by atoms with Crippen molar-refractivity contribution in [2.75, 3.05) is 6.54 Å². The van der Waals surface area contributed by atoms with Gasteiger partial charge in [0.05, 0.1) is 12.2 Å². The molecule has 0 saturated carbocycles. The minimum atomic E-state index is -0.0470. The van der Waals surface area contributed by atoms with E-state index in [4.69, 9.17) is 0 Å². The lowest BCUT2D eigenvalue weighted by Crippen LogP contribution is -2.31. The molecule has 0 saturated heterocycles. The Morgan fingerprint density at radius 2 is 2.17 bits per heavy atom. The molecule has 3 heterocycles. The third-order valence-corrected chi connectivity index (χ3v) is 3.10. The Hall–Kier alpha value is -2.01. The molecular weight excluding hydrogens is 228 g/mol. The maximum atomic E-state index is 12.0. The van der Waals surface area contributed by atoms with Crippen molar-refractivity contribution in [2.24, 2.45) is 0 Å².